The molecule has 1 aliphatic heterocycles. The van der Waals surface area contributed by atoms with Crippen molar-refractivity contribution in [2.24, 2.45) is 7.05 Å². The van der Waals surface area contributed by atoms with Crippen molar-refractivity contribution in [2.75, 3.05) is 26.9 Å². The molecule has 1 aromatic heterocycles. The first-order chi connectivity index (χ1) is 12.1. The molecule has 0 aliphatic carbocycles. The second-order valence-corrected chi connectivity index (χ2v) is 6.70. The van der Waals surface area contributed by atoms with E-state index in [1.54, 1.807) is 23.9 Å². The Hall–Kier alpha value is -1.92. The van der Waals surface area contributed by atoms with Crippen molar-refractivity contribution in [1.29, 1.82) is 0 Å². The summed E-state index contributed by atoms with van der Waals surface area (Å²) >= 11 is 0. The van der Waals surface area contributed by atoms with E-state index in [9.17, 15) is 4.39 Å². The molecule has 0 atom stereocenters. The molecular formula is C19H26FN3O2. The highest BCUT2D eigenvalue weighted by Crippen LogP contribution is 2.34. The van der Waals surface area contributed by atoms with E-state index >= 15 is 0 Å². The van der Waals surface area contributed by atoms with Gasteiger partial charge in [-0.05, 0) is 37.5 Å². The number of hydrogen-bond donors (Lipinski definition) is 1. The fourth-order valence-corrected chi connectivity index (χ4v) is 3.70. The molecular weight excluding hydrogens is 321 g/mol. The van der Waals surface area contributed by atoms with Crippen molar-refractivity contribution in [2.45, 2.75) is 31.7 Å². The van der Waals surface area contributed by atoms with Crippen LogP contribution in [0.3, 0.4) is 0 Å². The van der Waals surface area contributed by atoms with Crippen LogP contribution in [0.2, 0.25) is 0 Å². The molecule has 25 heavy (non-hydrogen) atoms. The van der Waals surface area contributed by atoms with E-state index in [1.165, 1.54) is 5.56 Å². The second-order valence-electron chi connectivity index (χ2n) is 6.70. The van der Waals surface area contributed by atoms with Gasteiger partial charge in [-0.3, -0.25) is 0 Å². The first kappa shape index (κ1) is 17.9. The Morgan fingerprint density at radius 3 is 2.60 bits per heavy atom. The van der Waals surface area contributed by atoms with Gasteiger partial charge in [0, 0.05) is 38.8 Å². The number of nitrogens with one attached hydrogen (secondary N) is 1. The monoisotopic (exact) mass is 347 g/mol. The minimum Gasteiger partial charge on any atom is -0.481 e. The van der Waals surface area contributed by atoms with E-state index in [0.717, 1.165) is 49.7 Å². The van der Waals surface area contributed by atoms with Gasteiger partial charge in [-0.2, -0.15) is 5.10 Å². The van der Waals surface area contributed by atoms with Gasteiger partial charge in [0.1, 0.15) is 5.82 Å². The van der Waals surface area contributed by atoms with Crippen molar-refractivity contribution in [3.05, 3.63) is 46.9 Å². The summed E-state index contributed by atoms with van der Waals surface area (Å²) in [5.74, 6) is 0.586. The van der Waals surface area contributed by atoms with Crippen LogP contribution in [-0.2, 0) is 23.7 Å². The highest BCUT2D eigenvalue weighted by molar-refractivity contribution is 5.31. The molecule has 0 amide bonds. The minimum atomic E-state index is -0.199. The van der Waals surface area contributed by atoms with Crippen LogP contribution in [0.15, 0.2) is 24.3 Å². The summed E-state index contributed by atoms with van der Waals surface area (Å²) in [5, 5.41) is 7.99. The predicted octanol–water partition coefficient (Wildman–Crippen LogP) is 2.71. The highest BCUT2D eigenvalue weighted by atomic mass is 19.1. The Bertz CT molecular complexity index is 706. The van der Waals surface area contributed by atoms with E-state index in [1.807, 2.05) is 26.1 Å². The van der Waals surface area contributed by atoms with Crippen molar-refractivity contribution in [3.8, 4) is 5.88 Å². The molecule has 3 rings (SSSR count). The van der Waals surface area contributed by atoms with Crippen LogP contribution >= 0.6 is 0 Å². The molecule has 0 bridgehead atoms. The number of ether oxygens (including phenoxy) is 2. The largest absolute Gasteiger partial charge is 0.481 e. The van der Waals surface area contributed by atoms with E-state index in [0.29, 0.717) is 6.54 Å². The summed E-state index contributed by atoms with van der Waals surface area (Å²) in [5.41, 5.74) is 3.18. The summed E-state index contributed by atoms with van der Waals surface area (Å²) in [7, 11) is 3.55. The molecule has 1 fully saturated rings. The lowest BCUT2D eigenvalue weighted by Gasteiger charge is -2.38. The normalized spacial score (nSPS) is 16.8. The molecule has 0 spiro atoms. The smallest absolute Gasteiger partial charge is 0.216 e. The maximum absolute atomic E-state index is 13.3. The molecule has 0 unspecified atom stereocenters. The molecule has 1 aromatic carbocycles. The number of nitrogens with zero attached hydrogens (tertiary/aromatic N) is 2. The van der Waals surface area contributed by atoms with Crippen LogP contribution in [0, 0.1) is 12.7 Å². The molecule has 0 radical (unpaired) electrons. The fourth-order valence-electron chi connectivity index (χ4n) is 3.70. The molecule has 1 N–H and O–H groups in total. The Morgan fingerprint density at radius 2 is 1.96 bits per heavy atom. The van der Waals surface area contributed by atoms with Crippen LogP contribution < -0.4 is 10.1 Å². The van der Waals surface area contributed by atoms with Gasteiger partial charge in [0.05, 0.1) is 18.4 Å². The van der Waals surface area contributed by atoms with E-state index in [-0.39, 0.29) is 11.2 Å². The molecule has 1 saturated heterocycles. The molecule has 2 aromatic rings. The van der Waals surface area contributed by atoms with Crippen LogP contribution in [0.5, 0.6) is 5.88 Å². The quantitative estimate of drug-likeness (QED) is 0.873. The van der Waals surface area contributed by atoms with Crippen LogP contribution in [-0.4, -0.2) is 36.6 Å². The maximum atomic E-state index is 13.3. The van der Waals surface area contributed by atoms with Gasteiger partial charge >= 0.3 is 0 Å². The number of rotatable bonds is 6. The lowest BCUT2D eigenvalue weighted by molar-refractivity contribution is 0.0497. The van der Waals surface area contributed by atoms with Crippen molar-refractivity contribution in [1.82, 2.24) is 15.1 Å². The summed E-state index contributed by atoms with van der Waals surface area (Å²) in [6.07, 6.45) is 1.85. The van der Waals surface area contributed by atoms with E-state index in [2.05, 4.69) is 10.4 Å². The zero-order chi connectivity index (χ0) is 17.9. The fraction of sp³-hybridized carbons (Fsp3) is 0.526. The number of aromatic nitrogens is 2. The summed E-state index contributed by atoms with van der Waals surface area (Å²) in [6, 6.07) is 6.89. The SMILES string of the molecule is COc1c(CNCC2(c3ccc(F)cc3)CCOCC2)c(C)nn1C. The third-order valence-corrected chi connectivity index (χ3v) is 5.15. The Labute approximate surface area is 148 Å². The third-order valence-electron chi connectivity index (χ3n) is 5.15. The Balaban J connectivity index is 1.75. The van der Waals surface area contributed by atoms with E-state index in [4.69, 9.17) is 9.47 Å². The first-order valence-corrected chi connectivity index (χ1v) is 8.67. The van der Waals surface area contributed by atoms with Gasteiger partial charge in [0.2, 0.25) is 5.88 Å². The predicted molar refractivity (Wildman–Crippen MR) is 94.3 cm³/mol. The van der Waals surface area contributed by atoms with Gasteiger partial charge in [-0.1, -0.05) is 12.1 Å². The molecule has 0 saturated carbocycles. The van der Waals surface area contributed by atoms with Crippen LogP contribution in [0.1, 0.15) is 29.7 Å². The second kappa shape index (κ2) is 7.54. The average molecular weight is 347 g/mol. The number of benzene rings is 1. The molecule has 5 nitrogen and oxygen atoms in total. The van der Waals surface area contributed by atoms with Crippen molar-refractivity contribution in [3.63, 3.8) is 0 Å². The summed E-state index contributed by atoms with van der Waals surface area (Å²) in [6.45, 7) is 4.94. The average Bonchev–Trinajstić information content (AvgIpc) is 2.89. The van der Waals surface area contributed by atoms with Crippen LogP contribution in [0.4, 0.5) is 4.39 Å². The number of halogens is 1. The number of aryl methyl sites for hydroxylation is 2. The maximum Gasteiger partial charge on any atom is 0.216 e. The number of methoxy groups -OCH3 is 1. The summed E-state index contributed by atoms with van der Waals surface area (Å²) in [4.78, 5) is 0. The lowest BCUT2D eigenvalue weighted by atomic mass is 9.74. The topological polar surface area (TPSA) is 48.3 Å². The molecule has 2 heterocycles. The standard InChI is InChI=1S/C19H26FN3O2/c1-14-17(18(24-3)23(2)22-14)12-21-13-19(8-10-25-11-9-19)15-4-6-16(20)7-5-15/h4-7,21H,8-13H2,1-3H3. The Kier molecular flexibility index (Phi) is 5.39. The van der Waals surface area contributed by atoms with Gasteiger partial charge in [-0.25, -0.2) is 9.07 Å². The molecule has 136 valence electrons. The van der Waals surface area contributed by atoms with Gasteiger partial charge in [0.15, 0.2) is 0 Å². The van der Waals surface area contributed by atoms with Crippen molar-refractivity contribution >= 4 is 0 Å². The van der Waals surface area contributed by atoms with E-state index < -0.39 is 0 Å². The zero-order valence-corrected chi connectivity index (χ0v) is 15.1. The van der Waals surface area contributed by atoms with Gasteiger partial charge in [0.25, 0.3) is 0 Å². The lowest BCUT2D eigenvalue weighted by Crippen LogP contribution is -2.42. The first-order valence-electron chi connectivity index (χ1n) is 8.67. The zero-order valence-electron chi connectivity index (χ0n) is 15.1. The number of hydrogen-bond acceptors (Lipinski definition) is 4. The van der Waals surface area contributed by atoms with Crippen LogP contribution in [0.25, 0.3) is 0 Å². The summed E-state index contributed by atoms with van der Waals surface area (Å²) < 4.78 is 26.1. The third kappa shape index (κ3) is 3.70. The Morgan fingerprint density at radius 1 is 1.28 bits per heavy atom. The van der Waals surface area contributed by atoms with Gasteiger partial charge < -0.3 is 14.8 Å². The molecule has 6 heteroatoms. The molecule has 1 aliphatic rings. The van der Waals surface area contributed by atoms with Crippen molar-refractivity contribution < 1.29 is 13.9 Å². The highest BCUT2D eigenvalue weighted by Gasteiger charge is 2.34. The van der Waals surface area contributed by atoms with Gasteiger partial charge in [-0.15, -0.1) is 0 Å². The minimum absolute atomic E-state index is 0.0324.